The van der Waals surface area contributed by atoms with Crippen LogP contribution < -0.4 is 5.32 Å². The van der Waals surface area contributed by atoms with Crippen LogP contribution in [0.1, 0.15) is 19.8 Å². The molecule has 4 nitrogen and oxygen atoms in total. The molecule has 90 valence electrons. The van der Waals surface area contributed by atoms with E-state index in [4.69, 9.17) is 4.74 Å². The minimum absolute atomic E-state index is 0.454. The zero-order chi connectivity index (χ0) is 11.7. The second-order valence-electron chi connectivity index (χ2n) is 4.56. The highest BCUT2D eigenvalue weighted by Gasteiger charge is 2.29. The van der Waals surface area contributed by atoms with Gasteiger partial charge in [0.1, 0.15) is 0 Å². The van der Waals surface area contributed by atoms with Crippen molar-refractivity contribution < 1.29 is 4.74 Å². The van der Waals surface area contributed by atoms with Gasteiger partial charge in [-0.15, -0.1) is 0 Å². The minimum Gasteiger partial charge on any atom is -0.382 e. The quantitative estimate of drug-likeness (QED) is 0.850. The van der Waals surface area contributed by atoms with Gasteiger partial charge in [0, 0.05) is 23.7 Å². The normalized spacial score (nSPS) is 23.6. The summed E-state index contributed by atoms with van der Waals surface area (Å²) in [5, 5.41) is 11.6. The van der Waals surface area contributed by atoms with E-state index in [9.17, 15) is 0 Å². The maximum absolute atomic E-state index is 5.55. The van der Waals surface area contributed by atoms with Gasteiger partial charge in [0.05, 0.1) is 17.8 Å². The average molecular weight is 231 g/mol. The number of fused-ring (bicyclic) bond motifs is 1. The maximum Gasteiger partial charge on any atom is 0.0651 e. The molecular formula is C13H17N3O. The van der Waals surface area contributed by atoms with Crippen molar-refractivity contribution in [3.8, 4) is 0 Å². The smallest absolute Gasteiger partial charge is 0.0651 e. The summed E-state index contributed by atoms with van der Waals surface area (Å²) in [7, 11) is 0. The van der Waals surface area contributed by atoms with Crippen molar-refractivity contribution in [1.82, 2.24) is 10.2 Å². The largest absolute Gasteiger partial charge is 0.382 e. The average Bonchev–Trinajstić information content (AvgIpc) is 2.73. The van der Waals surface area contributed by atoms with Gasteiger partial charge in [-0.3, -0.25) is 5.10 Å². The lowest BCUT2D eigenvalue weighted by Gasteiger charge is -2.36. The van der Waals surface area contributed by atoms with Crippen molar-refractivity contribution in [3.05, 3.63) is 24.4 Å². The van der Waals surface area contributed by atoms with Crippen LogP contribution in [0.4, 0.5) is 5.69 Å². The molecule has 1 saturated carbocycles. The monoisotopic (exact) mass is 231 g/mol. The summed E-state index contributed by atoms with van der Waals surface area (Å²) >= 11 is 0. The van der Waals surface area contributed by atoms with Gasteiger partial charge >= 0.3 is 0 Å². The number of ether oxygens (including phenoxy) is 1. The zero-order valence-corrected chi connectivity index (χ0v) is 9.94. The van der Waals surface area contributed by atoms with Gasteiger partial charge < -0.3 is 10.1 Å². The van der Waals surface area contributed by atoms with Crippen molar-refractivity contribution in [2.24, 2.45) is 0 Å². The molecule has 1 aromatic carbocycles. The predicted octanol–water partition coefficient (Wildman–Crippen LogP) is 2.54. The Balaban J connectivity index is 1.62. The van der Waals surface area contributed by atoms with E-state index in [2.05, 4.69) is 33.7 Å². The fourth-order valence-corrected chi connectivity index (χ4v) is 2.32. The summed E-state index contributed by atoms with van der Waals surface area (Å²) in [6, 6.07) is 6.83. The van der Waals surface area contributed by atoms with Gasteiger partial charge in [-0.05, 0) is 38.0 Å². The number of H-pyrrole nitrogens is 1. The first-order valence-corrected chi connectivity index (χ1v) is 6.16. The molecule has 3 rings (SSSR count). The lowest BCUT2D eigenvalue weighted by Crippen LogP contribution is -2.40. The number of hydrogen-bond donors (Lipinski definition) is 2. The van der Waals surface area contributed by atoms with Crippen molar-refractivity contribution in [2.75, 3.05) is 11.9 Å². The molecule has 1 heterocycles. The number of rotatable bonds is 4. The summed E-state index contributed by atoms with van der Waals surface area (Å²) in [6.45, 7) is 2.87. The molecule has 0 spiro atoms. The Morgan fingerprint density at radius 1 is 1.47 bits per heavy atom. The third-order valence-corrected chi connectivity index (χ3v) is 3.31. The summed E-state index contributed by atoms with van der Waals surface area (Å²) in [6.07, 6.45) is 4.52. The zero-order valence-electron chi connectivity index (χ0n) is 9.94. The van der Waals surface area contributed by atoms with E-state index in [0.29, 0.717) is 12.1 Å². The fourth-order valence-electron chi connectivity index (χ4n) is 2.32. The van der Waals surface area contributed by atoms with Crippen LogP contribution in [0.3, 0.4) is 0 Å². The number of aromatic amines is 1. The molecule has 0 saturated heterocycles. The predicted molar refractivity (Wildman–Crippen MR) is 68.2 cm³/mol. The van der Waals surface area contributed by atoms with Crippen molar-refractivity contribution in [3.63, 3.8) is 0 Å². The van der Waals surface area contributed by atoms with Crippen LogP contribution in [-0.2, 0) is 4.74 Å². The molecule has 0 radical (unpaired) electrons. The summed E-state index contributed by atoms with van der Waals surface area (Å²) in [5.74, 6) is 0. The molecule has 1 fully saturated rings. The van der Waals surface area contributed by atoms with E-state index in [1.54, 1.807) is 0 Å². The molecule has 0 amide bonds. The Bertz CT molecular complexity index is 502. The van der Waals surface area contributed by atoms with Crippen LogP contribution in [0, 0.1) is 0 Å². The van der Waals surface area contributed by atoms with Gasteiger partial charge in [0.2, 0.25) is 0 Å². The van der Waals surface area contributed by atoms with Gasteiger partial charge in [-0.1, -0.05) is 0 Å². The van der Waals surface area contributed by atoms with E-state index in [0.717, 1.165) is 30.4 Å². The highest BCUT2D eigenvalue weighted by molar-refractivity contribution is 5.81. The van der Waals surface area contributed by atoms with E-state index in [1.807, 2.05) is 13.1 Å². The van der Waals surface area contributed by atoms with Gasteiger partial charge in [-0.25, -0.2) is 0 Å². The highest BCUT2D eigenvalue weighted by atomic mass is 16.5. The fraction of sp³-hybridized carbons (Fsp3) is 0.462. The van der Waals surface area contributed by atoms with Gasteiger partial charge in [0.15, 0.2) is 0 Å². The van der Waals surface area contributed by atoms with Crippen LogP contribution in [-0.4, -0.2) is 29.0 Å². The number of aromatic nitrogens is 2. The molecular weight excluding hydrogens is 214 g/mol. The van der Waals surface area contributed by atoms with Crippen LogP contribution >= 0.6 is 0 Å². The van der Waals surface area contributed by atoms with E-state index in [-0.39, 0.29) is 0 Å². The molecule has 2 N–H and O–H groups in total. The van der Waals surface area contributed by atoms with Crippen LogP contribution in [0.15, 0.2) is 24.4 Å². The van der Waals surface area contributed by atoms with Crippen LogP contribution in [0.2, 0.25) is 0 Å². The number of hydrogen-bond acceptors (Lipinski definition) is 3. The molecule has 1 aliphatic rings. The first-order valence-electron chi connectivity index (χ1n) is 6.16. The van der Waals surface area contributed by atoms with Gasteiger partial charge in [-0.2, -0.15) is 5.10 Å². The SMILES string of the molecule is CCOC1CC(Nc2ccc3[nH]ncc3c2)C1. The number of benzene rings is 1. The first-order chi connectivity index (χ1) is 8.35. The molecule has 0 bridgehead atoms. The number of nitrogens with zero attached hydrogens (tertiary/aromatic N) is 1. The Hall–Kier alpha value is -1.55. The lowest BCUT2D eigenvalue weighted by atomic mass is 9.89. The van der Waals surface area contributed by atoms with Gasteiger partial charge in [0.25, 0.3) is 0 Å². The molecule has 4 heteroatoms. The molecule has 0 aliphatic heterocycles. The van der Waals surface area contributed by atoms with E-state index < -0.39 is 0 Å². The second kappa shape index (κ2) is 4.37. The Morgan fingerprint density at radius 3 is 3.18 bits per heavy atom. The van der Waals surface area contributed by atoms with Crippen molar-refractivity contribution >= 4 is 16.6 Å². The highest BCUT2D eigenvalue weighted by Crippen LogP contribution is 2.27. The first kappa shape index (κ1) is 10.6. The standard InChI is InChI=1S/C13H17N3O/c1-2-17-12-6-11(7-12)15-10-3-4-13-9(5-10)8-14-16-13/h3-5,8,11-12,15H,2,6-7H2,1H3,(H,14,16). The molecule has 2 aromatic rings. The van der Waals surface area contributed by atoms with E-state index >= 15 is 0 Å². The Morgan fingerprint density at radius 2 is 2.35 bits per heavy atom. The van der Waals surface area contributed by atoms with E-state index in [1.165, 1.54) is 5.69 Å². The number of anilines is 1. The third-order valence-electron chi connectivity index (χ3n) is 3.31. The third kappa shape index (κ3) is 2.13. The Labute approximate surface area is 100 Å². The minimum atomic E-state index is 0.454. The summed E-state index contributed by atoms with van der Waals surface area (Å²) in [4.78, 5) is 0. The number of nitrogens with one attached hydrogen (secondary N) is 2. The second-order valence-corrected chi connectivity index (χ2v) is 4.56. The molecule has 1 aliphatic carbocycles. The van der Waals surface area contributed by atoms with Crippen molar-refractivity contribution in [1.29, 1.82) is 0 Å². The topological polar surface area (TPSA) is 49.9 Å². The summed E-state index contributed by atoms with van der Waals surface area (Å²) < 4.78 is 5.55. The van der Waals surface area contributed by atoms with Crippen molar-refractivity contribution in [2.45, 2.75) is 31.9 Å². The molecule has 0 unspecified atom stereocenters. The Kier molecular flexibility index (Phi) is 2.73. The van der Waals surface area contributed by atoms with Crippen LogP contribution in [0.25, 0.3) is 10.9 Å². The lowest BCUT2D eigenvalue weighted by molar-refractivity contribution is 0.00300. The molecule has 1 aromatic heterocycles. The summed E-state index contributed by atoms with van der Waals surface area (Å²) in [5.41, 5.74) is 2.25. The maximum atomic E-state index is 5.55. The van der Waals surface area contributed by atoms with Crippen LogP contribution in [0.5, 0.6) is 0 Å². The molecule has 17 heavy (non-hydrogen) atoms. The molecule has 0 atom stereocenters.